The van der Waals surface area contributed by atoms with Gasteiger partial charge in [0.25, 0.3) is 0 Å². The Morgan fingerprint density at radius 3 is 2.26 bits per heavy atom. The molecule has 0 atom stereocenters. The maximum Gasteiger partial charge on any atom is 0.437 e. The summed E-state index contributed by atoms with van der Waals surface area (Å²) in [6.45, 7) is 2.17. The highest BCUT2D eigenvalue weighted by Gasteiger charge is 2.06. The number of anilines is 2. The van der Waals surface area contributed by atoms with Crippen LogP contribution in [0.5, 0.6) is 0 Å². The highest BCUT2D eigenvalue weighted by molar-refractivity contribution is 5.91. The van der Waals surface area contributed by atoms with Crippen LogP contribution in [0.2, 0.25) is 0 Å². The Morgan fingerprint density at radius 1 is 0.935 bits per heavy atom. The van der Waals surface area contributed by atoms with Gasteiger partial charge in [0.15, 0.2) is 0 Å². The first kappa shape index (κ1) is 24.0. The molecule has 6 nitrogen and oxygen atoms in total. The Morgan fingerprint density at radius 2 is 1.58 bits per heavy atom. The molecule has 0 saturated heterocycles. The summed E-state index contributed by atoms with van der Waals surface area (Å²) in [5.41, 5.74) is 1.04. The van der Waals surface area contributed by atoms with Gasteiger partial charge in [-0.1, -0.05) is 44.2 Å². The molecule has 0 aliphatic carbocycles. The van der Waals surface area contributed by atoms with Crippen LogP contribution in [-0.2, 0) is 9.63 Å². The van der Waals surface area contributed by atoms with Crippen LogP contribution in [0.25, 0.3) is 0 Å². The fourth-order valence-corrected chi connectivity index (χ4v) is 2.80. The van der Waals surface area contributed by atoms with Crippen LogP contribution in [0.4, 0.5) is 25.0 Å². The summed E-state index contributed by atoms with van der Waals surface area (Å²) in [6, 6.07) is 9.47. The molecule has 2 rings (SSSR count). The average Bonchev–Trinajstić information content (AvgIpc) is 2.73. The van der Waals surface area contributed by atoms with E-state index < -0.39 is 17.7 Å². The molecular formula is C23H27F2N3O3. The van der Waals surface area contributed by atoms with E-state index in [4.69, 9.17) is 0 Å². The van der Waals surface area contributed by atoms with E-state index >= 15 is 0 Å². The van der Waals surface area contributed by atoms with Gasteiger partial charge >= 0.3 is 6.09 Å². The van der Waals surface area contributed by atoms with Crippen molar-refractivity contribution in [3.63, 3.8) is 0 Å². The van der Waals surface area contributed by atoms with Gasteiger partial charge in [-0.3, -0.25) is 14.9 Å². The standard InChI is InChI=1S/C23H27F2N3O3/c1-2-3-4-5-6-7-8-22(29)27-19-11-13-20(14-12-19)28-23(30)31-26-16-17-9-10-18(24)15-21(17)25/h9-16H,2-8H2,1H3,(H,27,29)(H,28,30)/b26-16+. The molecule has 0 bridgehead atoms. The predicted molar refractivity (Wildman–Crippen MR) is 117 cm³/mol. The van der Waals surface area contributed by atoms with Gasteiger partial charge in [0, 0.05) is 29.4 Å². The number of carbonyl (C=O) groups is 2. The van der Waals surface area contributed by atoms with Crippen molar-refractivity contribution in [1.29, 1.82) is 0 Å². The van der Waals surface area contributed by atoms with Gasteiger partial charge in [-0.05, 0) is 42.8 Å². The zero-order valence-electron chi connectivity index (χ0n) is 17.5. The number of oxime groups is 1. The van der Waals surface area contributed by atoms with Crippen molar-refractivity contribution in [2.75, 3.05) is 10.6 Å². The lowest BCUT2D eigenvalue weighted by molar-refractivity contribution is -0.116. The summed E-state index contributed by atoms with van der Waals surface area (Å²) in [5.74, 6) is -1.57. The summed E-state index contributed by atoms with van der Waals surface area (Å²) < 4.78 is 26.3. The molecule has 2 aromatic rings. The average molecular weight is 431 g/mol. The SMILES string of the molecule is CCCCCCCCC(=O)Nc1ccc(NC(=O)O/N=C/c2ccc(F)cc2F)cc1. The fourth-order valence-electron chi connectivity index (χ4n) is 2.80. The molecule has 2 aromatic carbocycles. The van der Waals surface area contributed by atoms with Crippen molar-refractivity contribution in [2.45, 2.75) is 51.9 Å². The van der Waals surface area contributed by atoms with Gasteiger partial charge in [-0.2, -0.15) is 0 Å². The van der Waals surface area contributed by atoms with Crippen LogP contribution in [0.3, 0.4) is 0 Å². The molecule has 166 valence electrons. The number of nitrogens with one attached hydrogen (secondary N) is 2. The maximum atomic E-state index is 13.5. The predicted octanol–water partition coefficient (Wildman–Crippen LogP) is 6.24. The molecule has 0 aliphatic rings. The second-order valence-electron chi connectivity index (χ2n) is 7.05. The Hall–Kier alpha value is -3.29. The number of nitrogens with zero attached hydrogens (tertiary/aromatic N) is 1. The largest absolute Gasteiger partial charge is 0.437 e. The highest BCUT2D eigenvalue weighted by Crippen LogP contribution is 2.15. The molecule has 2 amide bonds. The van der Waals surface area contributed by atoms with E-state index in [0.717, 1.165) is 31.5 Å². The van der Waals surface area contributed by atoms with Gasteiger partial charge in [0.2, 0.25) is 5.91 Å². The minimum atomic E-state index is -0.876. The molecular weight excluding hydrogens is 404 g/mol. The number of carbonyl (C=O) groups excluding carboxylic acids is 2. The number of halogens is 2. The smallest absolute Gasteiger partial charge is 0.326 e. The van der Waals surface area contributed by atoms with Gasteiger partial charge in [0.1, 0.15) is 11.6 Å². The number of rotatable bonds is 11. The lowest BCUT2D eigenvalue weighted by Gasteiger charge is -2.07. The molecule has 0 unspecified atom stereocenters. The quantitative estimate of drug-likeness (QED) is 0.191. The number of hydrogen-bond donors (Lipinski definition) is 2. The zero-order valence-corrected chi connectivity index (χ0v) is 17.5. The van der Waals surface area contributed by atoms with Gasteiger partial charge in [0.05, 0.1) is 6.21 Å². The molecule has 0 aliphatic heterocycles. The number of amides is 2. The van der Waals surface area contributed by atoms with Gasteiger partial charge in [-0.15, -0.1) is 0 Å². The van der Waals surface area contributed by atoms with Crippen molar-refractivity contribution in [1.82, 2.24) is 0 Å². The summed E-state index contributed by atoms with van der Waals surface area (Å²) in [5, 5.41) is 8.65. The van der Waals surface area contributed by atoms with Crippen molar-refractivity contribution in [3.05, 3.63) is 59.7 Å². The van der Waals surface area contributed by atoms with Crippen LogP contribution in [0.15, 0.2) is 47.6 Å². The van der Waals surface area contributed by atoms with E-state index in [1.165, 1.54) is 25.3 Å². The fraction of sp³-hybridized carbons (Fsp3) is 0.348. The lowest BCUT2D eigenvalue weighted by atomic mass is 10.1. The molecule has 31 heavy (non-hydrogen) atoms. The minimum absolute atomic E-state index is 0.0183. The minimum Gasteiger partial charge on any atom is -0.326 e. The van der Waals surface area contributed by atoms with E-state index in [-0.39, 0.29) is 11.5 Å². The third-order valence-electron chi connectivity index (χ3n) is 4.46. The highest BCUT2D eigenvalue weighted by atomic mass is 19.1. The molecule has 0 fully saturated rings. The van der Waals surface area contributed by atoms with E-state index in [0.29, 0.717) is 23.9 Å². The second-order valence-corrected chi connectivity index (χ2v) is 7.05. The first-order valence-electron chi connectivity index (χ1n) is 10.3. The van der Waals surface area contributed by atoms with Crippen LogP contribution < -0.4 is 10.6 Å². The van der Waals surface area contributed by atoms with Crippen molar-refractivity contribution in [2.24, 2.45) is 5.16 Å². The van der Waals surface area contributed by atoms with E-state index in [2.05, 4.69) is 27.6 Å². The number of benzene rings is 2. The Balaban J connectivity index is 1.71. The molecule has 0 spiro atoms. The maximum absolute atomic E-state index is 13.5. The van der Waals surface area contributed by atoms with Crippen molar-refractivity contribution < 1.29 is 23.2 Å². The number of hydrogen-bond acceptors (Lipinski definition) is 4. The third kappa shape index (κ3) is 9.37. The first-order chi connectivity index (χ1) is 15.0. The van der Waals surface area contributed by atoms with Crippen molar-refractivity contribution >= 4 is 29.6 Å². The monoisotopic (exact) mass is 431 g/mol. The molecule has 0 saturated carbocycles. The van der Waals surface area contributed by atoms with Gasteiger partial charge in [-0.25, -0.2) is 13.6 Å². The Kier molecular flexibility index (Phi) is 10.1. The molecule has 8 heteroatoms. The summed E-state index contributed by atoms with van der Waals surface area (Å²) in [7, 11) is 0. The Bertz CT molecular complexity index is 886. The first-order valence-corrected chi connectivity index (χ1v) is 10.3. The third-order valence-corrected chi connectivity index (χ3v) is 4.46. The zero-order chi connectivity index (χ0) is 22.5. The molecule has 0 radical (unpaired) electrons. The summed E-state index contributed by atoms with van der Waals surface area (Å²) in [4.78, 5) is 28.3. The van der Waals surface area contributed by atoms with Crippen LogP contribution in [0, 0.1) is 11.6 Å². The topological polar surface area (TPSA) is 79.8 Å². The molecule has 2 N–H and O–H groups in total. The van der Waals surface area contributed by atoms with Crippen molar-refractivity contribution in [3.8, 4) is 0 Å². The van der Waals surface area contributed by atoms with E-state index in [1.807, 2.05) is 0 Å². The summed E-state index contributed by atoms with van der Waals surface area (Å²) in [6.07, 6.45) is 7.29. The van der Waals surface area contributed by atoms with Gasteiger partial charge < -0.3 is 5.32 Å². The van der Waals surface area contributed by atoms with E-state index in [9.17, 15) is 18.4 Å². The second kappa shape index (κ2) is 13.1. The lowest BCUT2D eigenvalue weighted by Crippen LogP contribution is -2.12. The molecule has 0 heterocycles. The van der Waals surface area contributed by atoms with Crippen LogP contribution >= 0.6 is 0 Å². The Labute approximate surface area is 180 Å². The van der Waals surface area contributed by atoms with E-state index in [1.54, 1.807) is 24.3 Å². The van der Waals surface area contributed by atoms with Crippen LogP contribution in [-0.4, -0.2) is 18.2 Å². The normalized spacial score (nSPS) is 10.8. The summed E-state index contributed by atoms with van der Waals surface area (Å²) >= 11 is 0. The molecule has 0 aromatic heterocycles. The number of unbranched alkanes of at least 4 members (excludes halogenated alkanes) is 5. The van der Waals surface area contributed by atoms with Crippen LogP contribution in [0.1, 0.15) is 57.4 Å².